The lowest BCUT2D eigenvalue weighted by Gasteiger charge is -2.28. The fraction of sp³-hybridized carbons (Fsp3) is 0.333. The number of amides is 1. The van der Waals surface area contributed by atoms with Crippen molar-refractivity contribution >= 4 is 39.2 Å². The number of rotatable bonds is 8. The van der Waals surface area contributed by atoms with E-state index in [-0.39, 0.29) is 23.9 Å². The molecule has 166 valence electrons. The molecule has 3 aromatic rings. The van der Waals surface area contributed by atoms with Gasteiger partial charge in [0.2, 0.25) is 5.91 Å². The minimum atomic E-state index is -0.970. The highest BCUT2D eigenvalue weighted by molar-refractivity contribution is 8.00. The first-order chi connectivity index (χ1) is 15.2. The van der Waals surface area contributed by atoms with Gasteiger partial charge in [-0.1, -0.05) is 62.0 Å². The van der Waals surface area contributed by atoms with Crippen LogP contribution in [0.15, 0.2) is 59.0 Å². The van der Waals surface area contributed by atoms with Crippen molar-refractivity contribution in [2.24, 2.45) is 5.92 Å². The SMILES string of the molecule is C=CCn1c(SC(C)C(=O)NC(C)(C#N)C(C)C)nc2sc(-c3ccccc3)cc2c1=O. The summed E-state index contributed by atoms with van der Waals surface area (Å²) in [6.07, 6.45) is 1.64. The third kappa shape index (κ3) is 4.79. The molecule has 0 saturated heterocycles. The maximum absolute atomic E-state index is 13.2. The molecule has 1 amide bonds. The first kappa shape index (κ1) is 23.8. The van der Waals surface area contributed by atoms with Crippen LogP contribution in [0, 0.1) is 17.2 Å². The molecule has 0 aliphatic rings. The average molecular weight is 467 g/mol. The van der Waals surface area contributed by atoms with Crippen LogP contribution >= 0.6 is 23.1 Å². The summed E-state index contributed by atoms with van der Waals surface area (Å²) in [5.74, 6) is -0.326. The van der Waals surface area contributed by atoms with E-state index in [4.69, 9.17) is 4.98 Å². The molecule has 8 heteroatoms. The summed E-state index contributed by atoms with van der Waals surface area (Å²) < 4.78 is 1.54. The normalized spacial score (nSPS) is 14.0. The van der Waals surface area contributed by atoms with E-state index in [1.165, 1.54) is 27.7 Å². The molecular formula is C24H26N4O2S2. The van der Waals surface area contributed by atoms with Gasteiger partial charge in [-0.3, -0.25) is 14.2 Å². The third-order valence-corrected chi connectivity index (χ3v) is 7.58. The van der Waals surface area contributed by atoms with Crippen molar-refractivity contribution in [3.8, 4) is 16.5 Å². The Bertz CT molecular complexity index is 1240. The number of thiophene rings is 1. The second kappa shape index (κ2) is 9.72. The van der Waals surface area contributed by atoms with Crippen LogP contribution in [0.25, 0.3) is 20.7 Å². The maximum Gasteiger partial charge on any atom is 0.263 e. The summed E-state index contributed by atoms with van der Waals surface area (Å²) in [5.41, 5.74) is -0.105. The van der Waals surface area contributed by atoms with E-state index in [0.717, 1.165) is 10.4 Å². The minimum Gasteiger partial charge on any atom is -0.337 e. The van der Waals surface area contributed by atoms with Gasteiger partial charge in [0.25, 0.3) is 5.56 Å². The zero-order valence-corrected chi connectivity index (χ0v) is 20.2. The Morgan fingerprint density at radius 3 is 2.66 bits per heavy atom. The lowest BCUT2D eigenvalue weighted by molar-refractivity contribution is -0.121. The van der Waals surface area contributed by atoms with Gasteiger partial charge in [0, 0.05) is 11.4 Å². The van der Waals surface area contributed by atoms with Gasteiger partial charge in [0.15, 0.2) is 5.16 Å². The van der Waals surface area contributed by atoms with Crippen LogP contribution in [0.4, 0.5) is 0 Å². The second-order valence-corrected chi connectivity index (χ2v) is 10.4. The molecule has 1 N–H and O–H groups in total. The van der Waals surface area contributed by atoms with Crippen molar-refractivity contribution in [3.63, 3.8) is 0 Å². The van der Waals surface area contributed by atoms with Crippen molar-refractivity contribution in [1.29, 1.82) is 5.26 Å². The van der Waals surface area contributed by atoms with Gasteiger partial charge in [0.05, 0.1) is 16.7 Å². The highest BCUT2D eigenvalue weighted by atomic mass is 32.2. The molecule has 0 aliphatic heterocycles. The third-order valence-electron chi connectivity index (χ3n) is 5.41. The van der Waals surface area contributed by atoms with Gasteiger partial charge in [-0.25, -0.2) is 4.98 Å². The zero-order valence-electron chi connectivity index (χ0n) is 18.6. The summed E-state index contributed by atoms with van der Waals surface area (Å²) in [6, 6.07) is 13.9. The summed E-state index contributed by atoms with van der Waals surface area (Å²) >= 11 is 2.66. The number of fused-ring (bicyclic) bond motifs is 1. The Morgan fingerprint density at radius 1 is 1.38 bits per heavy atom. The molecule has 0 spiro atoms. The number of aromatic nitrogens is 2. The summed E-state index contributed by atoms with van der Waals surface area (Å²) in [7, 11) is 0. The summed E-state index contributed by atoms with van der Waals surface area (Å²) in [4.78, 5) is 32.4. The molecule has 3 rings (SSSR count). The first-order valence-corrected chi connectivity index (χ1v) is 12.0. The van der Waals surface area contributed by atoms with Crippen LogP contribution in [0.3, 0.4) is 0 Å². The molecule has 1 aromatic carbocycles. The Hall–Kier alpha value is -2.89. The van der Waals surface area contributed by atoms with Crippen LogP contribution in [0.2, 0.25) is 0 Å². The Balaban J connectivity index is 1.97. The maximum atomic E-state index is 13.2. The number of hydrogen-bond donors (Lipinski definition) is 1. The van der Waals surface area contributed by atoms with Crippen LogP contribution in [-0.2, 0) is 11.3 Å². The van der Waals surface area contributed by atoms with E-state index < -0.39 is 10.8 Å². The van der Waals surface area contributed by atoms with Crippen molar-refractivity contribution in [2.45, 2.75) is 50.2 Å². The van der Waals surface area contributed by atoms with E-state index in [9.17, 15) is 14.9 Å². The molecule has 0 bridgehead atoms. The molecule has 0 saturated carbocycles. The van der Waals surface area contributed by atoms with Gasteiger partial charge in [-0.15, -0.1) is 17.9 Å². The number of hydrogen-bond acceptors (Lipinski definition) is 6. The van der Waals surface area contributed by atoms with Crippen LogP contribution < -0.4 is 10.9 Å². The standard InChI is InChI=1S/C24H26N4O2S2/c1-6-12-28-22(30)18-13-19(17-10-8-7-9-11-17)32-21(18)26-23(28)31-16(4)20(29)27-24(5,14-25)15(2)3/h6-11,13,15-16H,1,12H2,2-5H3,(H,27,29). The fourth-order valence-electron chi connectivity index (χ4n) is 2.99. The predicted octanol–water partition coefficient (Wildman–Crippen LogP) is 4.85. The van der Waals surface area contributed by atoms with Crippen LogP contribution in [0.1, 0.15) is 27.7 Å². The second-order valence-electron chi connectivity index (χ2n) is 8.01. The van der Waals surface area contributed by atoms with E-state index in [0.29, 0.717) is 15.4 Å². The van der Waals surface area contributed by atoms with Gasteiger partial charge in [-0.05, 0) is 31.4 Å². The molecule has 0 fully saturated rings. The molecule has 2 heterocycles. The van der Waals surface area contributed by atoms with Crippen LogP contribution in [0.5, 0.6) is 0 Å². The number of nitriles is 1. The zero-order chi connectivity index (χ0) is 23.5. The highest BCUT2D eigenvalue weighted by Gasteiger charge is 2.32. The van der Waals surface area contributed by atoms with Crippen molar-refractivity contribution < 1.29 is 4.79 Å². The largest absolute Gasteiger partial charge is 0.337 e. The summed E-state index contributed by atoms with van der Waals surface area (Å²) in [5, 5.41) is 12.8. The van der Waals surface area contributed by atoms with Crippen molar-refractivity contribution in [2.75, 3.05) is 0 Å². The van der Waals surface area contributed by atoms with Gasteiger partial charge >= 0.3 is 0 Å². The Labute approximate surface area is 196 Å². The lowest BCUT2D eigenvalue weighted by Crippen LogP contribution is -2.51. The molecule has 0 aliphatic carbocycles. The number of carbonyl (C=O) groups is 1. The molecule has 2 unspecified atom stereocenters. The number of benzene rings is 1. The number of nitrogens with one attached hydrogen (secondary N) is 1. The monoisotopic (exact) mass is 466 g/mol. The molecule has 2 aromatic heterocycles. The lowest BCUT2D eigenvalue weighted by atomic mass is 9.90. The topological polar surface area (TPSA) is 87.8 Å². The number of carbonyl (C=O) groups excluding carboxylic acids is 1. The fourth-order valence-corrected chi connectivity index (χ4v) is 4.99. The van der Waals surface area contributed by atoms with Gasteiger partial charge < -0.3 is 5.32 Å². The highest BCUT2D eigenvalue weighted by Crippen LogP contribution is 2.33. The Morgan fingerprint density at radius 2 is 2.06 bits per heavy atom. The minimum absolute atomic E-state index is 0.0513. The van der Waals surface area contributed by atoms with E-state index in [1.54, 1.807) is 19.9 Å². The Kier molecular flexibility index (Phi) is 7.22. The van der Waals surface area contributed by atoms with E-state index >= 15 is 0 Å². The van der Waals surface area contributed by atoms with Crippen molar-refractivity contribution in [1.82, 2.24) is 14.9 Å². The molecule has 6 nitrogen and oxygen atoms in total. The quantitative estimate of drug-likeness (QED) is 0.291. The smallest absolute Gasteiger partial charge is 0.263 e. The van der Waals surface area contributed by atoms with Gasteiger partial charge in [0.1, 0.15) is 10.4 Å². The van der Waals surface area contributed by atoms with Crippen LogP contribution in [-0.4, -0.2) is 26.2 Å². The predicted molar refractivity (Wildman–Crippen MR) is 132 cm³/mol. The number of nitrogens with zero attached hydrogens (tertiary/aromatic N) is 3. The van der Waals surface area contributed by atoms with Gasteiger partial charge in [-0.2, -0.15) is 5.26 Å². The average Bonchev–Trinajstić information content (AvgIpc) is 3.21. The number of allylic oxidation sites excluding steroid dienone is 1. The molecule has 0 radical (unpaired) electrons. The first-order valence-electron chi connectivity index (χ1n) is 10.3. The van der Waals surface area contributed by atoms with E-state index in [2.05, 4.69) is 18.0 Å². The molecule has 32 heavy (non-hydrogen) atoms. The molecule has 2 atom stereocenters. The summed E-state index contributed by atoms with van der Waals surface area (Å²) in [6.45, 7) is 11.3. The molecular weight excluding hydrogens is 440 g/mol. The van der Waals surface area contributed by atoms with E-state index in [1.807, 2.05) is 50.2 Å². The van der Waals surface area contributed by atoms with Crippen molar-refractivity contribution in [3.05, 3.63) is 59.4 Å². The number of thioether (sulfide) groups is 1.